The second kappa shape index (κ2) is 6.33. The minimum absolute atomic E-state index is 0.251. The lowest BCUT2D eigenvalue weighted by atomic mass is 9.98. The van der Waals surface area contributed by atoms with E-state index in [2.05, 4.69) is 5.32 Å². The zero-order valence-corrected chi connectivity index (χ0v) is 10.8. The summed E-state index contributed by atoms with van der Waals surface area (Å²) in [6, 6.07) is 7.20. The predicted molar refractivity (Wildman–Crippen MR) is 68.9 cm³/mol. The maximum absolute atomic E-state index is 11.9. The van der Waals surface area contributed by atoms with Gasteiger partial charge in [-0.25, -0.2) is 4.79 Å². The average molecular weight is 263 g/mol. The van der Waals surface area contributed by atoms with Crippen LogP contribution in [0.15, 0.2) is 24.3 Å². The highest BCUT2D eigenvalue weighted by atomic mass is 16.5. The number of methoxy groups -OCH3 is 1. The molecule has 1 aliphatic heterocycles. The number of rotatable bonds is 5. The van der Waals surface area contributed by atoms with E-state index in [-0.39, 0.29) is 5.91 Å². The molecule has 1 N–H and O–H groups in total. The van der Waals surface area contributed by atoms with E-state index >= 15 is 0 Å². The molecule has 0 bridgehead atoms. The van der Waals surface area contributed by atoms with Crippen LogP contribution in [0, 0.1) is 0 Å². The SMILES string of the molecule is COCCCNC(=O)[C@@H]1Cc2ccccc2C(=O)O1. The van der Waals surface area contributed by atoms with Crippen molar-refractivity contribution in [1.29, 1.82) is 0 Å². The highest BCUT2D eigenvalue weighted by molar-refractivity contribution is 5.95. The summed E-state index contributed by atoms with van der Waals surface area (Å²) in [6.07, 6.45) is 0.433. The Morgan fingerprint density at radius 1 is 1.47 bits per heavy atom. The Hall–Kier alpha value is -1.88. The fourth-order valence-corrected chi connectivity index (χ4v) is 2.02. The van der Waals surface area contributed by atoms with Crippen molar-refractivity contribution in [1.82, 2.24) is 5.32 Å². The Morgan fingerprint density at radius 3 is 3.05 bits per heavy atom. The van der Waals surface area contributed by atoms with Gasteiger partial charge in [0.25, 0.3) is 5.91 Å². The monoisotopic (exact) mass is 263 g/mol. The van der Waals surface area contributed by atoms with Gasteiger partial charge in [-0.05, 0) is 18.1 Å². The number of carbonyl (C=O) groups excluding carboxylic acids is 2. The van der Waals surface area contributed by atoms with Gasteiger partial charge in [0, 0.05) is 26.7 Å². The Bertz CT molecular complexity index is 472. The van der Waals surface area contributed by atoms with Gasteiger partial charge < -0.3 is 14.8 Å². The number of nitrogens with one attached hydrogen (secondary N) is 1. The molecular weight excluding hydrogens is 246 g/mol. The van der Waals surface area contributed by atoms with Crippen LogP contribution in [0.25, 0.3) is 0 Å². The molecule has 0 radical (unpaired) electrons. The molecule has 0 saturated carbocycles. The fraction of sp³-hybridized carbons (Fsp3) is 0.429. The molecule has 0 fully saturated rings. The summed E-state index contributed by atoms with van der Waals surface area (Å²) in [7, 11) is 1.61. The van der Waals surface area contributed by atoms with Crippen molar-refractivity contribution in [3.8, 4) is 0 Å². The van der Waals surface area contributed by atoms with Gasteiger partial charge in [0.1, 0.15) is 0 Å². The standard InChI is InChI=1S/C14H17NO4/c1-18-8-4-7-15-13(16)12-9-10-5-2-3-6-11(10)14(17)19-12/h2-3,5-6,12H,4,7-9H2,1H3,(H,15,16)/t12-/m0/s1. The number of hydrogen-bond acceptors (Lipinski definition) is 4. The Morgan fingerprint density at radius 2 is 2.26 bits per heavy atom. The summed E-state index contributed by atoms with van der Waals surface area (Å²) in [6.45, 7) is 1.11. The van der Waals surface area contributed by atoms with Crippen molar-refractivity contribution in [2.75, 3.05) is 20.3 Å². The van der Waals surface area contributed by atoms with Gasteiger partial charge >= 0.3 is 5.97 Å². The van der Waals surface area contributed by atoms with E-state index in [1.165, 1.54) is 0 Å². The third kappa shape index (κ3) is 3.32. The molecule has 0 spiro atoms. The minimum atomic E-state index is -0.732. The molecule has 0 saturated heterocycles. The number of carbonyl (C=O) groups is 2. The highest BCUT2D eigenvalue weighted by Gasteiger charge is 2.30. The maximum Gasteiger partial charge on any atom is 0.339 e. The van der Waals surface area contributed by atoms with Crippen LogP contribution < -0.4 is 5.32 Å². The second-order valence-corrected chi connectivity index (χ2v) is 4.39. The van der Waals surface area contributed by atoms with Crippen LogP contribution in [-0.2, 0) is 20.7 Å². The van der Waals surface area contributed by atoms with Crippen molar-refractivity contribution < 1.29 is 19.1 Å². The quantitative estimate of drug-likeness (QED) is 0.634. The van der Waals surface area contributed by atoms with Gasteiger partial charge in [-0.2, -0.15) is 0 Å². The van der Waals surface area contributed by atoms with Gasteiger partial charge in [0.2, 0.25) is 0 Å². The minimum Gasteiger partial charge on any atom is -0.448 e. The molecule has 2 rings (SSSR count). The van der Waals surface area contributed by atoms with E-state index < -0.39 is 12.1 Å². The van der Waals surface area contributed by atoms with E-state index in [0.717, 1.165) is 12.0 Å². The van der Waals surface area contributed by atoms with Gasteiger partial charge in [-0.1, -0.05) is 18.2 Å². The molecule has 1 atom stereocenters. The molecule has 1 aromatic rings. The lowest BCUT2D eigenvalue weighted by Gasteiger charge is -2.23. The zero-order chi connectivity index (χ0) is 13.7. The van der Waals surface area contributed by atoms with E-state index in [1.54, 1.807) is 19.2 Å². The molecule has 1 aromatic carbocycles. The maximum atomic E-state index is 11.9. The van der Waals surface area contributed by atoms with Crippen LogP contribution in [0.2, 0.25) is 0 Å². The zero-order valence-electron chi connectivity index (χ0n) is 10.8. The van der Waals surface area contributed by atoms with Crippen molar-refractivity contribution in [3.63, 3.8) is 0 Å². The molecule has 5 nitrogen and oxygen atoms in total. The highest BCUT2D eigenvalue weighted by Crippen LogP contribution is 2.20. The molecule has 1 aliphatic rings. The van der Waals surface area contributed by atoms with E-state index in [9.17, 15) is 9.59 Å². The summed E-state index contributed by atoms with van der Waals surface area (Å²) in [5, 5.41) is 2.74. The normalized spacial score (nSPS) is 17.5. The molecule has 0 unspecified atom stereocenters. The number of amides is 1. The molecule has 0 aliphatic carbocycles. The fourth-order valence-electron chi connectivity index (χ4n) is 2.02. The number of benzene rings is 1. The molecule has 19 heavy (non-hydrogen) atoms. The van der Waals surface area contributed by atoms with Gasteiger partial charge in [-0.15, -0.1) is 0 Å². The summed E-state index contributed by atoms with van der Waals surface area (Å²) >= 11 is 0. The summed E-state index contributed by atoms with van der Waals surface area (Å²) in [4.78, 5) is 23.6. The van der Waals surface area contributed by atoms with Crippen molar-refractivity contribution in [2.24, 2.45) is 0 Å². The first-order valence-corrected chi connectivity index (χ1v) is 6.28. The number of cyclic esters (lactones) is 1. The number of fused-ring (bicyclic) bond motifs is 1. The Balaban J connectivity index is 1.93. The Kier molecular flexibility index (Phi) is 4.52. The van der Waals surface area contributed by atoms with Crippen LogP contribution in [0.1, 0.15) is 22.3 Å². The lowest BCUT2D eigenvalue weighted by Crippen LogP contribution is -2.42. The van der Waals surface area contributed by atoms with Gasteiger partial charge in [0.05, 0.1) is 5.56 Å². The average Bonchev–Trinajstić information content (AvgIpc) is 2.43. The van der Waals surface area contributed by atoms with Crippen LogP contribution >= 0.6 is 0 Å². The van der Waals surface area contributed by atoms with Crippen LogP contribution in [-0.4, -0.2) is 38.2 Å². The first-order valence-electron chi connectivity index (χ1n) is 6.28. The number of hydrogen-bond donors (Lipinski definition) is 1. The van der Waals surface area contributed by atoms with E-state index in [0.29, 0.717) is 25.1 Å². The van der Waals surface area contributed by atoms with Gasteiger partial charge in [0.15, 0.2) is 6.10 Å². The Labute approximate surface area is 111 Å². The third-order valence-electron chi connectivity index (χ3n) is 3.01. The number of ether oxygens (including phenoxy) is 2. The molecule has 5 heteroatoms. The first-order chi connectivity index (χ1) is 9.22. The third-order valence-corrected chi connectivity index (χ3v) is 3.01. The largest absolute Gasteiger partial charge is 0.448 e. The van der Waals surface area contributed by atoms with Crippen LogP contribution in [0.4, 0.5) is 0 Å². The van der Waals surface area contributed by atoms with Crippen molar-refractivity contribution in [3.05, 3.63) is 35.4 Å². The first kappa shape index (κ1) is 13.5. The smallest absolute Gasteiger partial charge is 0.339 e. The molecule has 0 aromatic heterocycles. The molecule has 102 valence electrons. The van der Waals surface area contributed by atoms with E-state index in [4.69, 9.17) is 9.47 Å². The second-order valence-electron chi connectivity index (χ2n) is 4.39. The lowest BCUT2D eigenvalue weighted by molar-refractivity contribution is -0.130. The molecular formula is C14H17NO4. The number of esters is 1. The predicted octanol–water partition coefficient (Wildman–Crippen LogP) is 0.921. The van der Waals surface area contributed by atoms with Crippen LogP contribution in [0.3, 0.4) is 0 Å². The van der Waals surface area contributed by atoms with Crippen molar-refractivity contribution in [2.45, 2.75) is 18.9 Å². The summed E-state index contributed by atoms with van der Waals surface area (Å²) in [5.41, 5.74) is 1.40. The molecule has 1 heterocycles. The van der Waals surface area contributed by atoms with E-state index in [1.807, 2.05) is 12.1 Å². The topological polar surface area (TPSA) is 64.6 Å². The van der Waals surface area contributed by atoms with Crippen LogP contribution in [0.5, 0.6) is 0 Å². The van der Waals surface area contributed by atoms with Gasteiger partial charge in [-0.3, -0.25) is 4.79 Å². The molecule has 1 amide bonds. The summed E-state index contributed by atoms with van der Waals surface area (Å²) < 4.78 is 10.0. The van der Waals surface area contributed by atoms with Crippen molar-refractivity contribution >= 4 is 11.9 Å². The summed E-state index contributed by atoms with van der Waals surface area (Å²) in [5.74, 6) is -0.683.